The van der Waals surface area contributed by atoms with Crippen molar-refractivity contribution in [3.05, 3.63) is 30.6 Å². The van der Waals surface area contributed by atoms with Crippen LogP contribution >= 0.6 is 0 Å². The number of aromatic nitrogens is 2. The Morgan fingerprint density at radius 3 is 2.45 bits per heavy atom. The van der Waals surface area contributed by atoms with Gasteiger partial charge in [-0.1, -0.05) is 12.1 Å². The predicted octanol–water partition coefficient (Wildman–Crippen LogP) is 1.82. The first kappa shape index (κ1) is 15.1. The number of para-hydroxylation sites is 2. The summed E-state index contributed by atoms with van der Waals surface area (Å²) in [5, 5.41) is 0. The van der Waals surface area contributed by atoms with Crippen LogP contribution in [0.1, 0.15) is 6.92 Å². The van der Waals surface area contributed by atoms with E-state index in [1.807, 2.05) is 35.8 Å². The molecule has 0 radical (unpaired) electrons. The quantitative estimate of drug-likeness (QED) is 0.729. The van der Waals surface area contributed by atoms with Crippen LogP contribution in [0.5, 0.6) is 0 Å². The molecule has 20 heavy (non-hydrogen) atoms. The molecule has 0 amide bonds. The van der Waals surface area contributed by atoms with E-state index in [0.29, 0.717) is 6.73 Å². The Kier molecular flexibility index (Phi) is 4.89. The minimum absolute atomic E-state index is 0.274. The average molecular weight is 296 g/mol. The molecule has 1 aromatic carbocycles. The molecular formula is C13H20N2O4Si. The Labute approximate surface area is 119 Å². The molecule has 1 heterocycles. The van der Waals surface area contributed by atoms with Crippen LogP contribution in [0.15, 0.2) is 30.6 Å². The molecule has 1 atom stereocenters. The lowest BCUT2D eigenvalue weighted by Crippen LogP contribution is -2.54. The molecule has 0 saturated carbocycles. The van der Waals surface area contributed by atoms with E-state index < -0.39 is 8.80 Å². The van der Waals surface area contributed by atoms with Gasteiger partial charge in [-0.25, -0.2) is 4.98 Å². The minimum atomic E-state index is -2.78. The second-order valence-corrected chi connectivity index (χ2v) is 7.60. The van der Waals surface area contributed by atoms with Crippen LogP contribution in [-0.2, 0) is 24.7 Å². The van der Waals surface area contributed by atoms with Crippen molar-refractivity contribution < 1.29 is 18.0 Å². The summed E-state index contributed by atoms with van der Waals surface area (Å²) in [6, 6.07) is 7.90. The fraction of sp³-hybridized carbons (Fsp3) is 0.462. The highest BCUT2D eigenvalue weighted by atomic mass is 28.4. The third-order valence-corrected chi connectivity index (χ3v) is 6.21. The van der Waals surface area contributed by atoms with Gasteiger partial charge in [-0.15, -0.1) is 0 Å². The Hall–Kier alpha value is -1.25. The fourth-order valence-corrected chi connectivity index (χ4v) is 3.93. The number of nitrogens with zero attached hydrogens (tertiary/aromatic N) is 2. The maximum absolute atomic E-state index is 5.84. The van der Waals surface area contributed by atoms with Gasteiger partial charge in [0.1, 0.15) is 12.5 Å². The van der Waals surface area contributed by atoms with Gasteiger partial charge >= 0.3 is 8.80 Å². The number of imidazole rings is 1. The van der Waals surface area contributed by atoms with Gasteiger partial charge < -0.3 is 22.6 Å². The second-order valence-electron chi connectivity index (χ2n) is 4.36. The van der Waals surface area contributed by atoms with Gasteiger partial charge in [0, 0.05) is 21.3 Å². The zero-order valence-corrected chi connectivity index (χ0v) is 13.2. The first-order valence-electron chi connectivity index (χ1n) is 6.33. The van der Waals surface area contributed by atoms with E-state index >= 15 is 0 Å². The summed E-state index contributed by atoms with van der Waals surface area (Å²) in [4.78, 5) is 4.32. The number of hydrogen-bond acceptors (Lipinski definition) is 5. The van der Waals surface area contributed by atoms with Crippen molar-refractivity contribution in [3.63, 3.8) is 0 Å². The SMILES string of the molecule is CO[Si](OC)(OC)C(C)OCn1cnc2ccccc21. The minimum Gasteiger partial charge on any atom is -0.375 e. The van der Waals surface area contributed by atoms with E-state index in [-0.39, 0.29) is 5.73 Å². The molecule has 2 rings (SSSR count). The van der Waals surface area contributed by atoms with Gasteiger partial charge in [0.05, 0.1) is 17.4 Å². The van der Waals surface area contributed by atoms with Crippen molar-refractivity contribution >= 4 is 19.8 Å². The highest BCUT2D eigenvalue weighted by molar-refractivity contribution is 6.61. The van der Waals surface area contributed by atoms with Crippen LogP contribution in [0.2, 0.25) is 0 Å². The lowest BCUT2D eigenvalue weighted by molar-refractivity contribution is -0.00553. The molecule has 6 nitrogen and oxygen atoms in total. The van der Waals surface area contributed by atoms with Gasteiger partial charge in [-0.05, 0) is 19.1 Å². The fourth-order valence-electron chi connectivity index (χ4n) is 2.16. The van der Waals surface area contributed by atoms with Crippen LogP contribution in [0.4, 0.5) is 0 Å². The molecular weight excluding hydrogens is 276 g/mol. The number of benzene rings is 1. The molecule has 1 aromatic heterocycles. The van der Waals surface area contributed by atoms with Crippen LogP contribution in [0, 0.1) is 0 Å². The number of ether oxygens (including phenoxy) is 1. The smallest absolute Gasteiger partial charge is 0.375 e. The largest absolute Gasteiger partial charge is 0.530 e. The molecule has 0 N–H and O–H groups in total. The van der Waals surface area contributed by atoms with E-state index in [9.17, 15) is 0 Å². The standard InChI is InChI=1S/C13H20N2O4Si/c1-11(20(16-2,17-3)18-4)19-10-15-9-14-12-7-5-6-8-13(12)15/h5-9,11H,10H2,1-4H3. The lowest BCUT2D eigenvalue weighted by atomic mass is 10.3. The lowest BCUT2D eigenvalue weighted by Gasteiger charge is -2.29. The van der Waals surface area contributed by atoms with Crippen LogP contribution in [0.3, 0.4) is 0 Å². The van der Waals surface area contributed by atoms with E-state index in [0.717, 1.165) is 11.0 Å². The zero-order chi connectivity index (χ0) is 14.6. The van der Waals surface area contributed by atoms with Gasteiger partial charge in [0.15, 0.2) is 0 Å². The van der Waals surface area contributed by atoms with Crippen LogP contribution in [0.25, 0.3) is 11.0 Å². The summed E-state index contributed by atoms with van der Waals surface area (Å²) in [5.41, 5.74) is 1.69. The van der Waals surface area contributed by atoms with E-state index in [4.69, 9.17) is 18.0 Å². The molecule has 1 unspecified atom stereocenters. The summed E-state index contributed by atoms with van der Waals surface area (Å²) in [6.45, 7) is 2.26. The Morgan fingerprint density at radius 2 is 1.80 bits per heavy atom. The molecule has 7 heteroatoms. The molecule has 0 aliphatic heterocycles. The van der Waals surface area contributed by atoms with Crippen molar-refractivity contribution in [2.45, 2.75) is 19.4 Å². The molecule has 0 bridgehead atoms. The third-order valence-electron chi connectivity index (χ3n) is 3.34. The first-order chi connectivity index (χ1) is 9.66. The van der Waals surface area contributed by atoms with Crippen molar-refractivity contribution in [2.75, 3.05) is 21.3 Å². The van der Waals surface area contributed by atoms with Crippen LogP contribution < -0.4 is 0 Å². The first-order valence-corrected chi connectivity index (χ1v) is 8.14. The molecule has 0 saturated heterocycles. The molecule has 0 aliphatic carbocycles. The number of fused-ring (bicyclic) bond motifs is 1. The number of rotatable bonds is 7. The van der Waals surface area contributed by atoms with Crippen molar-refractivity contribution in [1.29, 1.82) is 0 Å². The zero-order valence-electron chi connectivity index (χ0n) is 12.2. The summed E-state index contributed by atoms with van der Waals surface area (Å²) >= 11 is 0. The summed E-state index contributed by atoms with van der Waals surface area (Å²) < 4.78 is 24.0. The average Bonchev–Trinajstić information content (AvgIpc) is 2.91. The summed E-state index contributed by atoms with van der Waals surface area (Å²) in [7, 11) is 1.95. The van der Waals surface area contributed by atoms with Gasteiger partial charge in [-0.2, -0.15) is 0 Å². The normalized spacial score (nSPS) is 13.8. The second kappa shape index (κ2) is 6.46. The summed E-state index contributed by atoms with van der Waals surface area (Å²) in [6.07, 6.45) is 1.76. The molecule has 0 fully saturated rings. The molecule has 110 valence electrons. The van der Waals surface area contributed by atoms with Crippen molar-refractivity contribution in [3.8, 4) is 0 Å². The van der Waals surface area contributed by atoms with Crippen molar-refractivity contribution in [1.82, 2.24) is 9.55 Å². The van der Waals surface area contributed by atoms with Gasteiger partial charge in [0.25, 0.3) is 0 Å². The molecule has 2 aromatic rings. The number of hydrogen-bond donors (Lipinski definition) is 0. The van der Waals surface area contributed by atoms with E-state index in [2.05, 4.69) is 4.98 Å². The maximum atomic E-state index is 5.84. The Morgan fingerprint density at radius 1 is 1.15 bits per heavy atom. The summed E-state index contributed by atoms with van der Waals surface area (Å²) in [5.74, 6) is 0. The Bertz CT molecular complexity index is 548. The Balaban J connectivity index is 2.08. The third kappa shape index (κ3) is 2.77. The topological polar surface area (TPSA) is 54.7 Å². The highest BCUT2D eigenvalue weighted by Crippen LogP contribution is 2.17. The predicted molar refractivity (Wildman–Crippen MR) is 77.1 cm³/mol. The van der Waals surface area contributed by atoms with Gasteiger partial charge in [0.2, 0.25) is 0 Å². The van der Waals surface area contributed by atoms with Crippen molar-refractivity contribution in [2.24, 2.45) is 0 Å². The molecule has 0 aliphatic rings. The maximum Gasteiger partial charge on any atom is 0.530 e. The van der Waals surface area contributed by atoms with Crippen LogP contribution in [-0.4, -0.2) is 45.4 Å². The van der Waals surface area contributed by atoms with Gasteiger partial charge in [-0.3, -0.25) is 0 Å². The van der Waals surface area contributed by atoms with E-state index in [1.54, 1.807) is 27.7 Å². The monoisotopic (exact) mass is 296 g/mol. The highest BCUT2D eigenvalue weighted by Gasteiger charge is 2.46. The van der Waals surface area contributed by atoms with E-state index in [1.165, 1.54) is 0 Å². The molecule has 0 spiro atoms.